The number of likely N-dealkylation sites (tertiary alicyclic amines) is 1. The molecule has 1 aromatic carbocycles. The lowest BCUT2D eigenvalue weighted by atomic mass is 10.1. The molecular weight excluding hydrogens is 284 g/mol. The molecule has 3 aromatic rings. The standard InChI is InChI=1S/C15H14N4OS/c20-15(10-5-6-11-12(9-10)17-18-16-11)19-7-1-3-13(19)14-4-2-8-21-14/h2,4-6,8-9,13H,1,3,7H2,(H,16,17,18)/t13-/m1/s1. The Hall–Kier alpha value is -2.21. The van der Waals surface area contributed by atoms with E-state index in [4.69, 9.17) is 0 Å². The molecule has 0 spiro atoms. The minimum absolute atomic E-state index is 0.0794. The minimum atomic E-state index is 0.0794. The van der Waals surface area contributed by atoms with Gasteiger partial charge in [-0.05, 0) is 42.5 Å². The van der Waals surface area contributed by atoms with Crippen molar-refractivity contribution in [1.82, 2.24) is 20.3 Å². The fraction of sp³-hybridized carbons (Fsp3) is 0.267. The van der Waals surface area contributed by atoms with Gasteiger partial charge in [0, 0.05) is 17.0 Å². The van der Waals surface area contributed by atoms with Gasteiger partial charge in [0.15, 0.2) is 0 Å². The molecule has 1 fully saturated rings. The molecule has 6 heteroatoms. The minimum Gasteiger partial charge on any atom is -0.331 e. The Morgan fingerprint density at radius 2 is 2.19 bits per heavy atom. The van der Waals surface area contributed by atoms with Crippen molar-refractivity contribution in [2.75, 3.05) is 6.54 Å². The first-order valence-electron chi connectivity index (χ1n) is 6.98. The molecule has 21 heavy (non-hydrogen) atoms. The van der Waals surface area contributed by atoms with E-state index in [1.54, 1.807) is 11.3 Å². The predicted molar refractivity (Wildman–Crippen MR) is 81.2 cm³/mol. The van der Waals surface area contributed by atoms with Gasteiger partial charge in [0.25, 0.3) is 5.91 Å². The van der Waals surface area contributed by atoms with Gasteiger partial charge in [-0.25, -0.2) is 0 Å². The number of nitrogens with zero attached hydrogens (tertiary/aromatic N) is 3. The first kappa shape index (κ1) is 12.5. The summed E-state index contributed by atoms with van der Waals surface area (Å²) in [6.07, 6.45) is 2.10. The Balaban J connectivity index is 1.66. The van der Waals surface area contributed by atoms with Crippen LogP contribution in [0.15, 0.2) is 35.7 Å². The summed E-state index contributed by atoms with van der Waals surface area (Å²) in [6, 6.07) is 9.85. The lowest BCUT2D eigenvalue weighted by molar-refractivity contribution is 0.0738. The van der Waals surface area contributed by atoms with Gasteiger partial charge in [-0.3, -0.25) is 4.79 Å². The molecule has 1 N–H and O–H groups in total. The Morgan fingerprint density at radius 3 is 3.05 bits per heavy atom. The highest BCUT2D eigenvalue weighted by atomic mass is 32.1. The summed E-state index contributed by atoms with van der Waals surface area (Å²) < 4.78 is 0. The fourth-order valence-corrected chi connectivity index (χ4v) is 3.80. The molecule has 3 heterocycles. The van der Waals surface area contributed by atoms with Crippen molar-refractivity contribution in [2.45, 2.75) is 18.9 Å². The van der Waals surface area contributed by atoms with Crippen LogP contribution in [-0.2, 0) is 0 Å². The number of hydrogen-bond donors (Lipinski definition) is 1. The van der Waals surface area contributed by atoms with Crippen molar-refractivity contribution in [3.8, 4) is 0 Å². The van der Waals surface area contributed by atoms with E-state index in [1.165, 1.54) is 4.88 Å². The van der Waals surface area contributed by atoms with Crippen molar-refractivity contribution in [3.63, 3.8) is 0 Å². The molecule has 1 amide bonds. The molecule has 4 rings (SSSR count). The maximum Gasteiger partial charge on any atom is 0.254 e. The van der Waals surface area contributed by atoms with E-state index in [0.29, 0.717) is 5.56 Å². The van der Waals surface area contributed by atoms with Gasteiger partial charge in [0.1, 0.15) is 11.0 Å². The maximum absolute atomic E-state index is 12.8. The molecule has 1 aliphatic rings. The van der Waals surface area contributed by atoms with Crippen molar-refractivity contribution >= 4 is 28.3 Å². The highest BCUT2D eigenvalue weighted by molar-refractivity contribution is 7.10. The monoisotopic (exact) mass is 298 g/mol. The third kappa shape index (κ3) is 2.12. The number of H-pyrrole nitrogens is 1. The van der Waals surface area contributed by atoms with Crippen LogP contribution in [0.3, 0.4) is 0 Å². The molecule has 0 radical (unpaired) electrons. The number of rotatable bonds is 2. The molecule has 0 bridgehead atoms. The van der Waals surface area contributed by atoms with Gasteiger partial charge >= 0.3 is 0 Å². The van der Waals surface area contributed by atoms with Crippen LogP contribution in [-0.4, -0.2) is 32.8 Å². The fourth-order valence-electron chi connectivity index (χ4n) is 2.93. The van der Waals surface area contributed by atoms with Gasteiger partial charge in [-0.1, -0.05) is 6.07 Å². The van der Waals surface area contributed by atoms with E-state index in [1.807, 2.05) is 29.2 Å². The Morgan fingerprint density at radius 1 is 1.29 bits per heavy atom. The second-order valence-electron chi connectivity index (χ2n) is 5.20. The number of hydrogen-bond acceptors (Lipinski definition) is 4. The Kier molecular flexibility index (Phi) is 2.96. The van der Waals surface area contributed by atoms with E-state index in [9.17, 15) is 4.79 Å². The van der Waals surface area contributed by atoms with Crippen molar-refractivity contribution in [2.24, 2.45) is 0 Å². The SMILES string of the molecule is O=C(c1ccc2n[nH]nc2c1)N1CCC[C@@H]1c1cccs1. The third-order valence-electron chi connectivity index (χ3n) is 3.95. The van der Waals surface area contributed by atoms with E-state index in [2.05, 4.69) is 26.9 Å². The van der Waals surface area contributed by atoms with Crippen LogP contribution in [0.25, 0.3) is 11.0 Å². The first-order valence-corrected chi connectivity index (χ1v) is 7.86. The van der Waals surface area contributed by atoms with Crippen LogP contribution in [0.5, 0.6) is 0 Å². The molecule has 2 aromatic heterocycles. The molecule has 0 aliphatic carbocycles. The van der Waals surface area contributed by atoms with E-state index in [0.717, 1.165) is 30.4 Å². The highest BCUT2D eigenvalue weighted by Gasteiger charge is 2.31. The van der Waals surface area contributed by atoms with Gasteiger partial charge < -0.3 is 4.90 Å². The molecule has 1 saturated heterocycles. The molecule has 1 aliphatic heterocycles. The number of carbonyl (C=O) groups is 1. The predicted octanol–water partition coefficient (Wildman–Crippen LogP) is 3.00. The summed E-state index contributed by atoms with van der Waals surface area (Å²) >= 11 is 1.72. The highest BCUT2D eigenvalue weighted by Crippen LogP contribution is 2.35. The zero-order valence-corrected chi connectivity index (χ0v) is 12.1. The van der Waals surface area contributed by atoms with Gasteiger partial charge in [0.05, 0.1) is 6.04 Å². The van der Waals surface area contributed by atoms with Gasteiger partial charge in [-0.2, -0.15) is 15.4 Å². The smallest absolute Gasteiger partial charge is 0.254 e. The van der Waals surface area contributed by atoms with Crippen LogP contribution < -0.4 is 0 Å². The molecule has 0 saturated carbocycles. The number of nitrogens with one attached hydrogen (secondary N) is 1. The third-order valence-corrected chi connectivity index (χ3v) is 4.92. The van der Waals surface area contributed by atoms with E-state index < -0.39 is 0 Å². The summed E-state index contributed by atoms with van der Waals surface area (Å²) in [5, 5.41) is 12.7. The average molecular weight is 298 g/mol. The normalized spacial score (nSPS) is 18.5. The van der Waals surface area contributed by atoms with Crippen LogP contribution in [0.1, 0.15) is 34.1 Å². The van der Waals surface area contributed by atoms with Gasteiger partial charge in [0.2, 0.25) is 0 Å². The lowest BCUT2D eigenvalue weighted by Gasteiger charge is -2.24. The van der Waals surface area contributed by atoms with Crippen molar-refractivity contribution < 1.29 is 4.79 Å². The first-order chi connectivity index (χ1) is 10.3. The van der Waals surface area contributed by atoms with Crippen molar-refractivity contribution in [1.29, 1.82) is 0 Å². The molecule has 106 valence electrons. The average Bonchev–Trinajstić information content (AvgIpc) is 3.24. The number of benzene rings is 1. The zero-order chi connectivity index (χ0) is 14.2. The second kappa shape index (κ2) is 4.96. The lowest BCUT2D eigenvalue weighted by Crippen LogP contribution is -2.30. The zero-order valence-electron chi connectivity index (χ0n) is 11.3. The molecular formula is C15H14N4OS. The number of carbonyl (C=O) groups excluding carboxylic acids is 1. The molecule has 5 nitrogen and oxygen atoms in total. The number of aromatic amines is 1. The molecule has 0 unspecified atom stereocenters. The summed E-state index contributed by atoms with van der Waals surface area (Å²) in [6.45, 7) is 0.818. The summed E-state index contributed by atoms with van der Waals surface area (Å²) in [7, 11) is 0. The van der Waals surface area contributed by atoms with Crippen LogP contribution in [0.2, 0.25) is 0 Å². The number of fused-ring (bicyclic) bond motifs is 1. The summed E-state index contributed by atoms with van der Waals surface area (Å²) in [4.78, 5) is 16.0. The number of aromatic nitrogens is 3. The van der Waals surface area contributed by atoms with Crippen molar-refractivity contribution in [3.05, 3.63) is 46.2 Å². The van der Waals surface area contributed by atoms with E-state index in [-0.39, 0.29) is 11.9 Å². The van der Waals surface area contributed by atoms with Crippen LogP contribution in [0.4, 0.5) is 0 Å². The second-order valence-corrected chi connectivity index (χ2v) is 6.18. The summed E-state index contributed by atoms with van der Waals surface area (Å²) in [5.41, 5.74) is 2.19. The Labute approximate surface area is 125 Å². The Bertz CT molecular complexity index is 780. The van der Waals surface area contributed by atoms with Crippen LogP contribution >= 0.6 is 11.3 Å². The molecule has 1 atom stereocenters. The van der Waals surface area contributed by atoms with E-state index >= 15 is 0 Å². The quantitative estimate of drug-likeness (QED) is 0.791. The van der Waals surface area contributed by atoms with Crippen LogP contribution in [0, 0.1) is 0 Å². The summed E-state index contributed by atoms with van der Waals surface area (Å²) in [5.74, 6) is 0.0794. The number of thiophene rings is 1. The van der Waals surface area contributed by atoms with Gasteiger partial charge in [-0.15, -0.1) is 11.3 Å². The topological polar surface area (TPSA) is 61.9 Å². The largest absolute Gasteiger partial charge is 0.331 e. The number of amides is 1. The maximum atomic E-state index is 12.8.